The third-order valence-electron chi connectivity index (χ3n) is 3.80. The summed E-state index contributed by atoms with van der Waals surface area (Å²) in [6.07, 6.45) is 17.3. The molecule has 0 aromatic rings. The third-order valence-corrected chi connectivity index (χ3v) is 4.12. The minimum Gasteiger partial charge on any atom is -0.466 e. The first kappa shape index (κ1) is 20.8. The molecule has 0 amide bonds. The van der Waals surface area contributed by atoms with Gasteiger partial charge in [0, 0.05) is 6.42 Å². The van der Waals surface area contributed by atoms with Gasteiger partial charge in [-0.2, -0.15) is 12.6 Å². The molecule has 0 rings (SSSR count). The van der Waals surface area contributed by atoms with E-state index in [9.17, 15) is 4.79 Å². The van der Waals surface area contributed by atoms with Gasteiger partial charge in [0.05, 0.1) is 6.61 Å². The number of unbranched alkanes of at least 4 members (excludes halogenated alkanes) is 11. The Morgan fingerprint density at radius 3 is 1.71 bits per heavy atom. The molecule has 0 bridgehead atoms. The molecule has 2 nitrogen and oxygen atoms in total. The predicted octanol–water partition coefficient (Wildman–Crippen LogP) is 5.94. The highest BCUT2D eigenvalue weighted by atomic mass is 32.1. The summed E-state index contributed by atoms with van der Waals surface area (Å²) in [5.74, 6) is 0.746. The average molecular weight is 317 g/mol. The smallest absolute Gasteiger partial charge is 0.305 e. The van der Waals surface area contributed by atoms with E-state index in [-0.39, 0.29) is 5.97 Å². The summed E-state index contributed by atoms with van der Waals surface area (Å²) in [6.45, 7) is 2.79. The van der Waals surface area contributed by atoms with Crippen molar-refractivity contribution in [1.82, 2.24) is 0 Å². The molecule has 0 heterocycles. The van der Waals surface area contributed by atoms with Gasteiger partial charge < -0.3 is 4.74 Å². The van der Waals surface area contributed by atoms with Gasteiger partial charge in [-0.05, 0) is 18.6 Å². The number of carbonyl (C=O) groups excluding carboxylic acids is 1. The molecule has 126 valence electrons. The van der Waals surface area contributed by atoms with E-state index in [4.69, 9.17) is 4.74 Å². The molecule has 0 N–H and O–H groups in total. The van der Waals surface area contributed by atoms with Gasteiger partial charge in [0.25, 0.3) is 0 Å². The first-order valence-corrected chi connectivity index (χ1v) is 9.71. The second kappa shape index (κ2) is 17.9. The lowest BCUT2D eigenvalue weighted by molar-refractivity contribution is -0.143. The van der Waals surface area contributed by atoms with Crippen LogP contribution in [0.5, 0.6) is 0 Å². The van der Waals surface area contributed by atoms with Gasteiger partial charge >= 0.3 is 5.97 Å². The molecule has 0 fully saturated rings. The molecule has 0 atom stereocenters. The Morgan fingerprint density at radius 2 is 1.24 bits per heavy atom. The van der Waals surface area contributed by atoms with Crippen molar-refractivity contribution in [3.8, 4) is 0 Å². The summed E-state index contributed by atoms with van der Waals surface area (Å²) >= 11 is 4.09. The number of thiol groups is 1. The van der Waals surface area contributed by atoms with Gasteiger partial charge in [0.1, 0.15) is 0 Å². The monoisotopic (exact) mass is 316 g/mol. The van der Waals surface area contributed by atoms with Crippen molar-refractivity contribution >= 4 is 18.6 Å². The Balaban J connectivity index is 3.06. The fourth-order valence-corrected chi connectivity index (χ4v) is 2.56. The largest absolute Gasteiger partial charge is 0.466 e. The molecule has 21 heavy (non-hydrogen) atoms. The second-order valence-electron chi connectivity index (χ2n) is 5.94. The van der Waals surface area contributed by atoms with E-state index in [1.165, 1.54) is 64.2 Å². The zero-order chi connectivity index (χ0) is 15.6. The highest BCUT2D eigenvalue weighted by Gasteiger charge is 2.01. The first-order valence-electron chi connectivity index (χ1n) is 9.07. The fraction of sp³-hybridized carbons (Fsp3) is 0.944. The standard InChI is InChI=1S/C18H36O2S/c1-2-3-4-5-6-7-8-9-10-11-12-13-15-18(19)20-16-14-17-21/h21H,2-17H2,1H3. The lowest BCUT2D eigenvalue weighted by atomic mass is 10.0. The van der Waals surface area contributed by atoms with Crippen LogP contribution in [0.15, 0.2) is 0 Å². The van der Waals surface area contributed by atoms with Gasteiger partial charge in [-0.15, -0.1) is 0 Å². The summed E-state index contributed by atoms with van der Waals surface area (Å²) in [5, 5.41) is 0. The van der Waals surface area contributed by atoms with Crippen LogP contribution in [-0.2, 0) is 9.53 Å². The Bertz CT molecular complexity index is 219. The van der Waals surface area contributed by atoms with E-state index in [0.29, 0.717) is 13.0 Å². The van der Waals surface area contributed by atoms with Crippen molar-refractivity contribution in [2.24, 2.45) is 0 Å². The third kappa shape index (κ3) is 17.8. The maximum absolute atomic E-state index is 11.4. The topological polar surface area (TPSA) is 26.3 Å². The van der Waals surface area contributed by atoms with Crippen LogP contribution in [0.1, 0.15) is 96.8 Å². The van der Waals surface area contributed by atoms with Crippen molar-refractivity contribution in [2.75, 3.05) is 12.4 Å². The van der Waals surface area contributed by atoms with Crippen molar-refractivity contribution in [3.63, 3.8) is 0 Å². The van der Waals surface area contributed by atoms with E-state index < -0.39 is 0 Å². The highest BCUT2D eigenvalue weighted by molar-refractivity contribution is 7.80. The van der Waals surface area contributed by atoms with Crippen LogP contribution in [0.2, 0.25) is 0 Å². The van der Waals surface area contributed by atoms with Gasteiger partial charge in [0.2, 0.25) is 0 Å². The van der Waals surface area contributed by atoms with Gasteiger partial charge in [-0.1, -0.05) is 77.6 Å². The molecule has 0 aliphatic carbocycles. The summed E-state index contributed by atoms with van der Waals surface area (Å²) in [5.41, 5.74) is 0. The summed E-state index contributed by atoms with van der Waals surface area (Å²) in [7, 11) is 0. The van der Waals surface area contributed by atoms with E-state index in [1.807, 2.05) is 0 Å². The Labute approximate surface area is 137 Å². The number of ether oxygens (including phenoxy) is 1. The normalized spacial score (nSPS) is 10.8. The molecule has 3 heteroatoms. The number of hydrogen-bond donors (Lipinski definition) is 1. The van der Waals surface area contributed by atoms with E-state index in [0.717, 1.165) is 25.0 Å². The fourth-order valence-electron chi connectivity index (χ4n) is 2.43. The minimum atomic E-state index is -0.0381. The molecule has 0 aromatic carbocycles. The Kier molecular flexibility index (Phi) is 17.7. The average Bonchev–Trinajstić information content (AvgIpc) is 2.48. The van der Waals surface area contributed by atoms with Crippen LogP contribution in [-0.4, -0.2) is 18.3 Å². The van der Waals surface area contributed by atoms with Crippen molar-refractivity contribution < 1.29 is 9.53 Å². The van der Waals surface area contributed by atoms with Crippen LogP contribution in [0.4, 0.5) is 0 Å². The molecular weight excluding hydrogens is 280 g/mol. The lowest BCUT2D eigenvalue weighted by Gasteiger charge is -2.04. The van der Waals surface area contributed by atoms with E-state index >= 15 is 0 Å². The zero-order valence-electron chi connectivity index (χ0n) is 14.1. The van der Waals surface area contributed by atoms with E-state index in [1.54, 1.807) is 0 Å². The molecule has 0 saturated carbocycles. The zero-order valence-corrected chi connectivity index (χ0v) is 15.0. The SMILES string of the molecule is CCCCCCCCCCCCCCC(=O)OCCCS. The van der Waals surface area contributed by atoms with Crippen LogP contribution in [0.3, 0.4) is 0 Å². The summed E-state index contributed by atoms with van der Waals surface area (Å²) in [6, 6.07) is 0. The van der Waals surface area contributed by atoms with Crippen LogP contribution in [0, 0.1) is 0 Å². The van der Waals surface area contributed by atoms with E-state index in [2.05, 4.69) is 19.6 Å². The molecule has 0 aliphatic rings. The molecule has 0 unspecified atom stereocenters. The number of esters is 1. The summed E-state index contributed by atoms with van der Waals surface area (Å²) < 4.78 is 5.09. The number of carbonyl (C=O) groups is 1. The minimum absolute atomic E-state index is 0.0381. The molecule has 0 radical (unpaired) electrons. The van der Waals surface area contributed by atoms with Gasteiger partial charge in [-0.25, -0.2) is 0 Å². The predicted molar refractivity (Wildman–Crippen MR) is 95.1 cm³/mol. The molecule has 0 spiro atoms. The second-order valence-corrected chi connectivity index (χ2v) is 6.38. The molecular formula is C18H36O2S. The number of rotatable bonds is 16. The highest BCUT2D eigenvalue weighted by Crippen LogP contribution is 2.12. The van der Waals surface area contributed by atoms with Crippen LogP contribution >= 0.6 is 12.6 Å². The van der Waals surface area contributed by atoms with Crippen molar-refractivity contribution in [1.29, 1.82) is 0 Å². The summed E-state index contributed by atoms with van der Waals surface area (Å²) in [4.78, 5) is 11.4. The Morgan fingerprint density at radius 1 is 0.762 bits per heavy atom. The van der Waals surface area contributed by atoms with Gasteiger partial charge in [0.15, 0.2) is 0 Å². The first-order chi connectivity index (χ1) is 10.3. The van der Waals surface area contributed by atoms with Crippen LogP contribution in [0.25, 0.3) is 0 Å². The quantitative estimate of drug-likeness (QED) is 0.217. The Hall–Kier alpha value is -0.180. The van der Waals surface area contributed by atoms with Crippen molar-refractivity contribution in [2.45, 2.75) is 96.8 Å². The molecule has 0 aromatic heterocycles. The maximum Gasteiger partial charge on any atom is 0.305 e. The maximum atomic E-state index is 11.4. The lowest BCUT2D eigenvalue weighted by Crippen LogP contribution is -2.05. The molecule has 0 aliphatic heterocycles. The van der Waals surface area contributed by atoms with Crippen LogP contribution < -0.4 is 0 Å². The molecule has 0 saturated heterocycles. The number of hydrogen-bond acceptors (Lipinski definition) is 3. The van der Waals surface area contributed by atoms with Crippen molar-refractivity contribution in [3.05, 3.63) is 0 Å². The van der Waals surface area contributed by atoms with Gasteiger partial charge in [-0.3, -0.25) is 4.79 Å².